The van der Waals surface area contributed by atoms with Crippen molar-refractivity contribution >= 4 is 66.2 Å². The summed E-state index contributed by atoms with van der Waals surface area (Å²) >= 11 is 7.81. The molecule has 0 spiro atoms. The molecule has 5 rings (SSSR count). The van der Waals surface area contributed by atoms with Crippen molar-refractivity contribution in [2.24, 2.45) is 0 Å². The van der Waals surface area contributed by atoms with Gasteiger partial charge in [0, 0.05) is 27.2 Å². The maximum atomic E-state index is 13.7. The maximum Gasteiger partial charge on any atom is 0.341 e. The van der Waals surface area contributed by atoms with Crippen molar-refractivity contribution in [3.8, 4) is 22.9 Å². The number of pyridine rings is 2. The minimum absolute atomic E-state index is 0.000894. The molecule has 0 aliphatic heterocycles. The smallest absolute Gasteiger partial charge is 0.341 e. The highest BCUT2D eigenvalue weighted by Gasteiger charge is 2.24. The third-order valence-electron chi connectivity index (χ3n) is 7.06. The first kappa shape index (κ1) is 35.6. The lowest BCUT2D eigenvalue weighted by Crippen LogP contribution is -2.27. The fraction of sp³-hybridized carbons (Fsp3) is 0.294. The number of fused-ring (bicyclic) bond motifs is 2. The first-order valence-electron chi connectivity index (χ1n) is 14.9. The topological polar surface area (TPSA) is 163 Å². The summed E-state index contributed by atoms with van der Waals surface area (Å²) in [7, 11) is -3.65. The van der Waals surface area contributed by atoms with Gasteiger partial charge in [0.1, 0.15) is 29.9 Å². The highest BCUT2D eigenvalue weighted by atomic mass is 35.5. The summed E-state index contributed by atoms with van der Waals surface area (Å²) in [6.45, 7) is 8.83. The Morgan fingerprint density at radius 3 is 2.61 bits per heavy atom. The van der Waals surface area contributed by atoms with Crippen LogP contribution >= 0.6 is 22.9 Å². The molecule has 0 saturated carbocycles. The van der Waals surface area contributed by atoms with Crippen LogP contribution in [0.2, 0.25) is 5.02 Å². The first-order chi connectivity index (χ1) is 23.1. The number of thiophene rings is 1. The molecule has 1 aromatic carbocycles. The number of hydrogen-bond acceptors (Lipinski definition) is 12. The van der Waals surface area contributed by atoms with Crippen molar-refractivity contribution in [1.82, 2.24) is 19.5 Å². The van der Waals surface area contributed by atoms with Crippen molar-refractivity contribution in [3.63, 3.8) is 0 Å². The predicted octanol–water partition coefficient (Wildman–Crippen LogP) is 6.23. The fourth-order valence-electron chi connectivity index (χ4n) is 5.06. The number of esters is 1. The van der Waals surface area contributed by atoms with Crippen LogP contribution in [0.3, 0.4) is 0 Å². The van der Waals surface area contributed by atoms with Gasteiger partial charge in [-0.2, -0.15) is 13.7 Å². The lowest BCUT2D eigenvalue weighted by atomic mass is 10.0. The van der Waals surface area contributed by atoms with Crippen LogP contribution in [-0.4, -0.2) is 59.0 Å². The number of nitriles is 1. The Morgan fingerprint density at radius 1 is 1.16 bits per heavy atom. The van der Waals surface area contributed by atoms with Crippen molar-refractivity contribution in [1.29, 1.82) is 5.26 Å². The van der Waals surface area contributed by atoms with Crippen LogP contribution < -0.4 is 10.3 Å². The molecule has 0 atom stereocenters. The molecule has 0 bridgehead atoms. The number of aromatic nitrogens is 4. The van der Waals surface area contributed by atoms with Gasteiger partial charge in [0.2, 0.25) is 0 Å². The van der Waals surface area contributed by atoms with Gasteiger partial charge >= 0.3 is 5.97 Å². The standard InChI is InChI=1S/C34H32ClN5O7S2/c1-19-14-23(31-30(38-19)25(18-48-31)33(42)47-34(3,4)5)22-15-21(35)9-10-28(22)45-13-11-40-20(2)39-27-17-37-26(8-7-12-46-49(6,43)44)24(16-36)29(27)32(40)41/h7-10,14-15,17-18H,11-13H2,1-6H3/b8-7+. The largest absolute Gasteiger partial charge is 0.491 e. The summed E-state index contributed by atoms with van der Waals surface area (Å²) in [5, 5.41) is 12.2. The van der Waals surface area contributed by atoms with E-state index in [1.165, 1.54) is 34.3 Å². The average Bonchev–Trinajstić information content (AvgIpc) is 3.43. The van der Waals surface area contributed by atoms with E-state index in [0.717, 1.165) is 16.5 Å². The predicted molar refractivity (Wildman–Crippen MR) is 189 cm³/mol. The van der Waals surface area contributed by atoms with Gasteiger partial charge in [-0.05, 0) is 65.0 Å². The van der Waals surface area contributed by atoms with Gasteiger partial charge in [-0.1, -0.05) is 17.7 Å². The SMILES string of the molecule is Cc1cc(-c2cc(Cl)ccc2OCCn2c(C)nc3cnc(/C=C/COS(C)(=O)=O)c(C#N)c3c2=O)c2scc(C(=O)OC(C)(C)C)c2n1. The van der Waals surface area contributed by atoms with Crippen LogP contribution in [0.5, 0.6) is 5.75 Å². The Bertz CT molecular complexity index is 2350. The normalized spacial score (nSPS) is 12.1. The van der Waals surface area contributed by atoms with Crippen molar-refractivity contribution in [2.45, 2.75) is 46.8 Å². The molecule has 254 valence electrons. The Hall–Kier alpha value is -4.68. The van der Waals surface area contributed by atoms with E-state index in [-0.39, 0.29) is 41.9 Å². The summed E-state index contributed by atoms with van der Waals surface area (Å²) in [4.78, 5) is 40.1. The second-order valence-corrected chi connectivity index (χ2v) is 15.0. The lowest BCUT2D eigenvalue weighted by molar-refractivity contribution is 0.00720. The summed E-state index contributed by atoms with van der Waals surface area (Å²) in [6.07, 6.45) is 5.12. The minimum Gasteiger partial charge on any atom is -0.491 e. The number of halogens is 1. The van der Waals surface area contributed by atoms with Crippen molar-refractivity contribution in [3.05, 3.63) is 85.6 Å². The van der Waals surface area contributed by atoms with Gasteiger partial charge in [-0.25, -0.2) is 9.78 Å². The molecular formula is C34H32ClN5O7S2. The number of carbonyl (C=O) groups excluding carboxylic acids is 1. The highest BCUT2D eigenvalue weighted by molar-refractivity contribution is 7.86. The van der Waals surface area contributed by atoms with Gasteiger partial charge in [-0.15, -0.1) is 11.3 Å². The number of nitrogens with zero attached hydrogens (tertiary/aromatic N) is 5. The Labute approximate surface area is 291 Å². The van der Waals surface area contributed by atoms with Crippen molar-refractivity contribution < 1.29 is 26.9 Å². The molecule has 4 aromatic heterocycles. The van der Waals surface area contributed by atoms with Gasteiger partial charge in [-0.3, -0.25) is 23.5 Å². The first-order valence-corrected chi connectivity index (χ1v) is 18.0. The quantitative estimate of drug-likeness (QED) is 0.119. The molecule has 0 aliphatic rings. The van der Waals surface area contributed by atoms with Crippen LogP contribution in [-0.2, 0) is 25.6 Å². The Balaban J connectivity index is 1.46. The van der Waals surface area contributed by atoms with Gasteiger partial charge in [0.15, 0.2) is 0 Å². The minimum atomic E-state index is -3.65. The van der Waals surface area contributed by atoms with Gasteiger partial charge in [0.05, 0.1) is 63.5 Å². The third-order valence-corrected chi connectivity index (χ3v) is 8.86. The second-order valence-electron chi connectivity index (χ2n) is 12.0. The van der Waals surface area contributed by atoms with E-state index in [1.807, 2.05) is 19.1 Å². The van der Waals surface area contributed by atoms with E-state index in [0.29, 0.717) is 38.9 Å². The molecule has 0 unspecified atom stereocenters. The van der Waals surface area contributed by atoms with Crippen LogP contribution in [0, 0.1) is 25.2 Å². The molecule has 49 heavy (non-hydrogen) atoms. The molecule has 15 heteroatoms. The number of carbonyl (C=O) groups is 1. The summed E-state index contributed by atoms with van der Waals surface area (Å²) in [6, 6.07) is 9.14. The summed E-state index contributed by atoms with van der Waals surface area (Å²) in [5.74, 6) is 0.427. The molecule has 0 amide bonds. The number of ether oxygens (including phenoxy) is 2. The molecular weight excluding hydrogens is 690 g/mol. The number of hydrogen-bond donors (Lipinski definition) is 0. The van der Waals surface area contributed by atoms with E-state index >= 15 is 0 Å². The van der Waals surface area contributed by atoms with Crippen molar-refractivity contribution in [2.75, 3.05) is 19.5 Å². The van der Waals surface area contributed by atoms with Gasteiger partial charge in [0.25, 0.3) is 15.7 Å². The fourth-order valence-corrected chi connectivity index (χ4v) is 6.56. The van der Waals surface area contributed by atoms with Crippen LogP contribution in [0.4, 0.5) is 0 Å². The number of benzene rings is 1. The monoisotopic (exact) mass is 721 g/mol. The van der Waals surface area contributed by atoms with Crippen LogP contribution in [0.25, 0.3) is 38.3 Å². The third kappa shape index (κ3) is 8.14. The molecule has 0 radical (unpaired) electrons. The average molecular weight is 722 g/mol. The van der Waals surface area contributed by atoms with Crippen LogP contribution in [0.1, 0.15) is 53.9 Å². The van der Waals surface area contributed by atoms with E-state index in [2.05, 4.69) is 15.0 Å². The Kier molecular flexibility index (Phi) is 10.2. The number of aryl methyl sites for hydroxylation is 2. The molecule has 0 saturated heterocycles. The zero-order valence-corrected chi connectivity index (χ0v) is 29.9. The Morgan fingerprint density at radius 2 is 1.92 bits per heavy atom. The van der Waals surface area contributed by atoms with Crippen LogP contribution in [0.15, 0.2) is 46.7 Å². The molecule has 5 aromatic rings. The van der Waals surface area contributed by atoms with E-state index in [1.54, 1.807) is 51.3 Å². The van der Waals surface area contributed by atoms with Gasteiger partial charge < -0.3 is 9.47 Å². The molecule has 4 heterocycles. The van der Waals surface area contributed by atoms with E-state index < -0.39 is 27.2 Å². The number of rotatable bonds is 10. The zero-order valence-electron chi connectivity index (χ0n) is 27.5. The molecule has 0 fully saturated rings. The summed E-state index contributed by atoms with van der Waals surface area (Å²) < 4.78 is 41.2. The molecule has 0 aliphatic carbocycles. The highest BCUT2D eigenvalue weighted by Crippen LogP contribution is 2.40. The molecule has 0 N–H and O–H groups in total. The van der Waals surface area contributed by atoms with E-state index in [4.69, 9.17) is 25.3 Å². The summed E-state index contributed by atoms with van der Waals surface area (Å²) in [5.41, 5.74) is 2.31. The lowest BCUT2D eigenvalue weighted by Gasteiger charge is -2.19. The second kappa shape index (κ2) is 14.0. The zero-order chi connectivity index (χ0) is 35.7. The maximum absolute atomic E-state index is 13.7. The van der Waals surface area contributed by atoms with E-state index in [9.17, 15) is 23.3 Å². The molecule has 12 nitrogen and oxygen atoms in total.